The number of nitrogens with zero attached hydrogens (tertiary/aromatic N) is 4. The molecular weight excluding hydrogens is 399 g/mol. The fourth-order valence-corrected chi connectivity index (χ4v) is 4.24. The Morgan fingerprint density at radius 1 is 1.35 bits per heavy atom. The predicted molar refractivity (Wildman–Crippen MR) is 114 cm³/mol. The molecule has 2 aliphatic rings. The molecule has 1 N–H and O–H groups in total. The van der Waals surface area contributed by atoms with E-state index in [0.717, 1.165) is 4.57 Å². The van der Waals surface area contributed by atoms with Crippen LogP contribution >= 0.6 is 0 Å². The van der Waals surface area contributed by atoms with Gasteiger partial charge in [-0.25, -0.2) is 9.37 Å². The predicted octanol–water partition coefficient (Wildman–Crippen LogP) is 3.08. The van der Waals surface area contributed by atoms with Crippen molar-refractivity contribution in [2.24, 2.45) is 0 Å². The number of aryl methyl sites for hydroxylation is 1. The monoisotopic (exact) mass is 434 g/mol. The first-order chi connectivity index (χ1) is 18.1. The van der Waals surface area contributed by atoms with E-state index in [4.69, 9.17) is 15.5 Å². The van der Waals surface area contributed by atoms with Crippen molar-refractivity contribution in [1.82, 2.24) is 19.6 Å². The van der Waals surface area contributed by atoms with Gasteiger partial charge in [-0.3, -0.25) is 9.36 Å². The first-order valence-corrected chi connectivity index (χ1v) is 10.2. The molecule has 0 radical (unpaired) electrons. The average Bonchev–Trinajstić information content (AvgIpc) is 3.26. The highest BCUT2D eigenvalue weighted by Gasteiger charge is 2.26. The van der Waals surface area contributed by atoms with E-state index in [1.165, 1.54) is 17.0 Å². The second kappa shape index (κ2) is 8.16. The van der Waals surface area contributed by atoms with Gasteiger partial charge in [0.25, 0.3) is 5.56 Å². The number of likely N-dealkylation sites (tertiary alicyclic amines) is 1. The molecule has 0 amide bonds. The quantitative estimate of drug-likeness (QED) is 0.679. The number of piperidine rings is 1. The van der Waals surface area contributed by atoms with Gasteiger partial charge in [0.1, 0.15) is 17.7 Å². The van der Waals surface area contributed by atoms with Gasteiger partial charge >= 0.3 is 0 Å². The molecule has 0 saturated carbocycles. The third-order valence-corrected chi connectivity index (χ3v) is 5.91. The molecule has 4 heterocycles. The zero-order valence-corrected chi connectivity index (χ0v) is 16.7. The summed E-state index contributed by atoms with van der Waals surface area (Å²) in [5, 5.41) is 15.1. The summed E-state index contributed by atoms with van der Waals surface area (Å²) in [4.78, 5) is 18.6. The van der Waals surface area contributed by atoms with Crippen LogP contribution in [-0.2, 0) is 12.9 Å². The van der Waals surface area contributed by atoms with E-state index in [2.05, 4.69) is 10.1 Å². The molecule has 1 aromatic carbocycles. The molecule has 0 bridgehead atoms. The highest BCUT2D eigenvalue weighted by atomic mass is 19.1. The van der Waals surface area contributed by atoms with Gasteiger partial charge in [-0.15, -0.1) is 0 Å². The molecule has 1 fully saturated rings. The van der Waals surface area contributed by atoms with Gasteiger partial charge in [0.05, 0.1) is 7.06 Å². The number of halogens is 1. The van der Waals surface area contributed by atoms with Crippen molar-refractivity contribution >= 4 is 11.0 Å². The Kier molecular flexibility index (Phi) is 3.44. The molecule has 1 atom stereocenters. The minimum atomic E-state index is -3.12. The lowest BCUT2D eigenvalue weighted by Crippen LogP contribution is -2.37. The Bertz CT molecular complexity index is 1480. The molecule has 0 spiro atoms. The van der Waals surface area contributed by atoms with Crippen LogP contribution in [0.15, 0.2) is 27.5 Å². The van der Waals surface area contributed by atoms with E-state index in [-0.39, 0.29) is 44.0 Å². The zero-order chi connectivity index (χ0) is 28.5. The van der Waals surface area contributed by atoms with Gasteiger partial charge in [-0.05, 0) is 64.1 Å². The molecule has 8 heteroatoms. The number of aliphatic hydroxyl groups is 1. The Hall–Kier alpha value is -2.58. The van der Waals surface area contributed by atoms with Crippen molar-refractivity contribution in [3.63, 3.8) is 0 Å². The Labute approximate surface area is 190 Å². The number of aromatic nitrogens is 3. The summed E-state index contributed by atoms with van der Waals surface area (Å²) < 4.78 is 86.6. The molecule has 3 aromatic rings. The molecule has 2 aromatic heterocycles. The molecular formula is C23H27FN4O3. The second-order valence-electron chi connectivity index (χ2n) is 7.87. The highest BCUT2D eigenvalue weighted by molar-refractivity contribution is 5.79. The van der Waals surface area contributed by atoms with Crippen molar-refractivity contribution in [2.75, 3.05) is 19.6 Å². The van der Waals surface area contributed by atoms with Crippen LogP contribution in [0.2, 0.25) is 0 Å². The van der Waals surface area contributed by atoms with Gasteiger partial charge in [0.15, 0.2) is 5.58 Å². The molecule has 31 heavy (non-hydrogen) atoms. The second-order valence-corrected chi connectivity index (χ2v) is 7.87. The fourth-order valence-electron chi connectivity index (χ4n) is 4.24. The van der Waals surface area contributed by atoms with E-state index >= 15 is 0 Å². The molecule has 1 unspecified atom stereocenters. The van der Waals surface area contributed by atoms with Crippen LogP contribution < -0.4 is 5.56 Å². The molecule has 2 aliphatic heterocycles. The Morgan fingerprint density at radius 2 is 2.19 bits per heavy atom. The molecule has 7 nitrogen and oxygen atoms in total. The topological polar surface area (TPSA) is 84.4 Å². The standard InChI is InChI=1S/C23H27FN4O3/c1-14-17(23(30)28-9-2-3-19(29)22(28)25-14)8-12-27-10-6-15(7-11-27)21-18-5-4-16(24)13-20(18)31-26-21/h4-5,13,15,19,29H,2-3,6-12H2,1H3/i1D3,8D2,12D2,19D. The van der Waals surface area contributed by atoms with Gasteiger partial charge in [0.2, 0.25) is 0 Å². The SMILES string of the molecule is [2H]C([2H])([2H])c1nc2n(c(=O)c1C([2H])([2H])C([2H])([2H])N1CCC(c3noc4cc(F)ccc34)CC1)CCCC2([2H])O. The summed E-state index contributed by atoms with van der Waals surface area (Å²) in [5.41, 5.74) is -2.15. The van der Waals surface area contributed by atoms with Crippen molar-refractivity contribution in [3.8, 4) is 0 Å². The lowest BCUT2D eigenvalue weighted by Gasteiger charge is -2.31. The maximum atomic E-state index is 13.5. The van der Waals surface area contributed by atoms with E-state index in [1.807, 2.05) is 0 Å². The number of fused-ring (bicyclic) bond motifs is 2. The molecule has 0 aliphatic carbocycles. The number of hydrogen-bond donors (Lipinski definition) is 1. The summed E-state index contributed by atoms with van der Waals surface area (Å²) in [5.74, 6) is -1.13. The summed E-state index contributed by atoms with van der Waals surface area (Å²) in [6.07, 6.45) is -4.63. The fraction of sp³-hybridized carbons (Fsp3) is 0.522. The average molecular weight is 435 g/mol. The summed E-state index contributed by atoms with van der Waals surface area (Å²) >= 11 is 0. The third kappa shape index (κ3) is 3.78. The van der Waals surface area contributed by atoms with E-state index in [9.17, 15) is 14.3 Å². The maximum Gasteiger partial charge on any atom is 0.257 e. The van der Waals surface area contributed by atoms with Crippen molar-refractivity contribution in [1.29, 1.82) is 0 Å². The van der Waals surface area contributed by atoms with Gasteiger partial charge in [-0.1, -0.05) is 5.16 Å². The smallest absolute Gasteiger partial charge is 0.257 e. The first kappa shape index (κ1) is 13.1. The summed E-state index contributed by atoms with van der Waals surface area (Å²) in [6, 6.07) is 4.08. The zero-order valence-electron chi connectivity index (χ0n) is 24.7. The first-order valence-electron chi connectivity index (χ1n) is 14.2. The Balaban J connectivity index is 1.48. The van der Waals surface area contributed by atoms with Crippen LogP contribution in [0.1, 0.15) is 71.4 Å². The van der Waals surface area contributed by atoms with Gasteiger partial charge in [-0.2, -0.15) is 0 Å². The number of rotatable bonds is 4. The van der Waals surface area contributed by atoms with Crippen LogP contribution in [0, 0.1) is 12.7 Å². The van der Waals surface area contributed by atoms with E-state index in [0.29, 0.717) is 23.9 Å². The normalized spacial score (nSPS) is 27.8. The minimum absolute atomic E-state index is 0.0172. The van der Waals surface area contributed by atoms with Crippen LogP contribution in [0.5, 0.6) is 0 Å². The van der Waals surface area contributed by atoms with Crippen LogP contribution in [0.3, 0.4) is 0 Å². The lowest BCUT2D eigenvalue weighted by atomic mass is 9.91. The third-order valence-electron chi connectivity index (χ3n) is 5.91. The van der Waals surface area contributed by atoms with Crippen molar-refractivity contribution < 1.29 is 25.0 Å². The molecule has 5 rings (SSSR count). The minimum Gasteiger partial charge on any atom is -0.385 e. The van der Waals surface area contributed by atoms with Crippen molar-refractivity contribution in [3.05, 3.63) is 57.1 Å². The van der Waals surface area contributed by atoms with Crippen LogP contribution in [-0.4, -0.2) is 44.3 Å². The molecule has 1 saturated heterocycles. The van der Waals surface area contributed by atoms with E-state index < -0.39 is 54.3 Å². The Morgan fingerprint density at radius 3 is 3.00 bits per heavy atom. The molecule has 164 valence electrons. The summed E-state index contributed by atoms with van der Waals surface area (Å²) in [6.45, 7) is -5.84. The van der Waals surface area contributed by atoms with Crippen LogP contribution in [0.25, 0.3) is 11.0 Å². The number of hydrogen-bond acceptors (Lipinski definition) is 6. The van der Waals surface area contributed by atoms with Crippen molar-refractivity contribution in [2.45, 2.75) is 57.5 Å². The number of benzene rings is 1. The van der Waals surface area contributed by atoms with Gasteiger partial charge < -0.3 is 14.5 Å². The lowest BCUT2D eigenvalue weighted by molar-refractivity contribution is 0.129. The maximum absolute atomic E-state index is 13.5. The van der Waals surface area contributed by atoms with Crippen LogP contribution in [0.4, 0.5) is 4.39 Å². The summed E-state index contributed by atoms with van der Waals surface area (Å²) in [7, 11) is 0. The van der Waals surface area contributed by atoms with E-state index in [1.54, 1.807) is 6.07 Å². The largest absolute Gasteiger partial charge is 0.385 e. The van der Waals surface area contributed by atoms with Gasteiger partial charge in [0, 0.05) is 51.3 Å². The highest BCUT2D eigenvalue weighted by Crippen LogP contribution is 2.32.